The monoisotopic (exact) mass is 208 g/mol. The topological polar surface area (TPSA) is 49.4 Å². The highest BCUT2D eigenvalue weighted by Crippen LogP contribution is 2.21. The van der Waals surface area contributed by atoms with E-state index in [1.165, 1.54) is 4.90 Å². The molecule has 14 heavy (non-hydrogen) atoms. The Morgan fingerprint density at radius 2 is 1.86 bits per heavy atom. The first kappa shape index (κ1) is 9.08. The third kappa shape index (κ3) is 1.35. The molecule has 1 aromatic rings. The summed E-state index contributed by atoms with van der Waals surface area (Å²) in [6.45, 7) is 0. The minimum Gasteiger partial charge on any atom is -0.275 e. The summed E-state index contributed by atoms with van der Waals surface area (Å²) in [4.78, 5) is 23.8. The maximum Gasteiger partial charge on any atom is 0.330 e. The second kappa shape index (κ2) is 3.34. The first-order valence-corrected chi connectivity index (χ1v) is 4.59. The molecule has 0 spiro atoms. The van der Waals surface area contributed by atoms with E-state index in [4.69, 9.17) is 0 Å². The predicted octanol–water partition coefficient (Wildman–Crippen LogP) is 0.999. The zero-order chi connectivity index (χ0) is 10.1. The van der Waals surface area contributed by atoms with Gasteiger partial charge in [0.25, 0.3) is 5.91 Å². The van der Waals surface area contributed by atoms with Gasteiger partial charge in [-0.15, -0.1) is 12.6 Å². The van der Waals surface area contributed by atoms with Crippen LogP contribution < -0.4 is 10.2 Å². The molecular formula is C9H8N2O2S. The summed E-state index contributed by atoms with van der Waals surface area (Å²) >= 11 is 4.05. The lowest BCUT2D eigenvalue weighted by Gasteiger charge is -2.17. The third-order valence-electron chi connectivity index (χ3n) is 1.96. The minimum absolute atomic E-state index is 0.387. The first-order chi connectivity index (χ1) is 6.70. The van der Waals surface area contributed by atoms with Crippen molar-refractivity contribution in [2.75, 3.05) is 4.90 Å². The summed E-state index contributed by atoms with van der Waals surface area (Å²) < 4.78 is 0. The second-order valence-electron chi connectivity index (χ2n) is 2.87. The Hall–Kier alpha value is -1.49. The van der Waals surface area contributed by atoms with E-state index >= 15 is 0 Å². The molecule has 1 fully saturated rings. The van der Waals surface area contributed by atoms with Crippen molar-refractivity contribution in [3.05, 3.63) is 30.3 Å². The van der Waals surface area contributed by atoms with Crippen molar-refractivity contribution in [1.82, 2.24) is 5.32 Å². The number of urea groups is 1. The van der Waals surface area contributed by atoms with Crippen LogP contribution in [0, 0.1) is 0 Å². The fourth-order valence-electron chi connectivity index (χ4n) is 1.31. The fraction of sp³-hybridized carbons (Fsp3) is 0.111. The Kier molecular flexibility index (Phi) is 2.17. The van der Waals surface area contributed by atoms with Gasteiger partial charge in [0.2, 0.25) is 0 Å². The molecule has 1 unspecified atom stereocenters. The molecule has 4 nitrogen and oxygen atoms in total. The number of imide groups is 1. The summed E-state index contributed by atoms with van der Waals surface area (Å²) in [6.07, 6.45) is 0. The molecule has 1 aliphatic rings. The highest BCUT2D eigenvalue weighted by atomic mass is 32.1. The number of nitrogens with one attached hydrogen (secondary N) is 1. The van der Waals surface area contributed by atoms with Crippen LogP contribution in [-0.4, -0.2) is 17.3 Å². The normalized spacial score (nSPS) is 21.2. The lowest BCUT2D eigenvalue weighted by Crippen LogP contribution is -2.31. The van der Waals surface area contributed by atoms with Gasteiger partial charge in [0.05, 0.1) is 0 Å². The Morgan fingerprint density at radius 3 is 2.36 bits per heavy atom. The number of hydrogen-bond donors (Lipinski definition) is 2. The van der Waals surface area contributed by atoms with Gasteiger partial charge in [-0.25, -0.2) is 4.79 Å². The molecule has 1 aromatic carbocycles. The summed E-state index contributed by atoms with van der Waals surface area (Å²) in [7, 11) is 0. The zero-order valence-electron chi connectivity index (χ0n) is 7.18. The highest BCUT2D eigenvalue weighted by molar-refractivity contribution is 7.82. The van der Waals surface area contributed by atoms with E-state index in [-0.39, 0.29) is 5.91 Å². The van der Waals surface area contributed by atoms with Crippen molar-refractivity contribution in [1.29, 1.82) is 0 Å². The van der Waals surface area contributed by atoms with E-state index in [0.29, 0.717) is 5.69 Å². The third-order valence-corrected chi connectivity index (χ3v) is 2.43. The largest absolute Gasteiger partial charge is 0.330 e. The van der Waals surface area contributed by atoms with Crippen LogP contribution >= 0.6 is 12.6 Å². The van der Waals surface area contributed by atoms with Gasteiger partial charge in [0.1, 0.15) is 0 Å². The van der Waals surface area contributed by atoms with Crippen LogP contribution in [0.25, 0.3) is 0 Å². The van der Waals surface area contributed by atoms with Gasteiger partial charge in [-0.05, 0) is 12.1 Å². The standard InChI is InChI=1S/C9H8N2O2S/c12-7-8(14)11(9(13)10-7)6-4-2-1-3-5-6/h1-5,8,14H,(H,10,12,13). The number of para-hydroxylation sites is 1. The van der Waals surface area contributed by atoms with Crippen LogP contribution in [0.3, 0.4) is 0 Å². The number of hydrogen-bond acceptors (Lipinski definition) is 3. The molecule has 0 aromatic heterocycles. The van der Waals surface area contributed by atoms with E-state index in [1.807, 2.05) is 6.07 Å². The van der Waals surface area contributed by atoms with E-state index in [1.54, 1.807) is 24.3 Å². The Bertz CT molecular complexity index is 380. The molecular weight excluding hydrogens is 200 g/mol. The number of anilines is 1. The molecule has 0 radical (unpaired) electrons. The molecule has 1 atom stereocenters. The highest BCUT2D eigenvalue weighted by Gasteiger charge is 2.36. The average Bonchev–Trinajstić information content (AvgIpc) is 2.43. The van der Waals surface area contributed by atoms with Crippen LogP contribution in [-0.2, 0) is 4.79 Å². The van der Waals surface area contributed by atoms with Gasteiger partial charge in [-0.1, -0.05) is 18.2 Å². The SMILES string of the molecule is O=C1NC(=O)N(c2ccccc2)C1S. The van der Waals surface area contributed by atoms with Gasteiger partial charge >= 0.3 is 6.03 Å². The molecule has 2 rings (SSSR count). The maximum atomic E-state index is 11.3. The number of carbonyl (C=O) groups excluding carboxylic acids is 2. The summed E-state index contributed by atoms with van der Waals surface area (Å²) in [5, 5.41) is 1.46. The van der Waals surface area contributed by atoms with Crippen LogP contribution in [0.2, 0.25) is 0 Å². The summed E-state index contributed by atoms with van der Waals surface area (Å²) in [6, 6.07) is 8.51. The quantitative estimate of drug-likeness (QED) is 0.534. The number of rotatable bonds is 1. The molecule has 1 aliphatic heterocycles. The number of carbonyl (C=O) groups is 2. The zero-order valence-corrected chi connectivity index (χ0v) is 8.07. The second-order valence-corrected chi connectivity index (χ2v) is 3.36. The molecule has 1 N–H and O–H groups in total. The number of thiol groups is 1. The molecule has 0 bridgehead atoms. The Morgan fingerprint density at radius 1 is 1.21 bits per heavy atom. The van der Waals surface area contributed by atoms with Gasteiger partial charge in [-0.2, -0.15) is 0 Å². The lowest BCUT2D eigenvalue weighted by molar-refractivity contribution is -0.118. The average molecular weight is 208 g/mol. The van der Waals surface area contributed by atoms with Crippen molar-refractivity contribution < 1.29 is 9.59 Å². The molecule has 1 saturated heterocycles. The molecule has 1 heterocycles. The number of nitrogens with zero attached hydrogens (tertiary/aromatic N) is 1. The van der Waals surface area contributed by atoms with Crippen molar-refractivity contribution in [3.63, 3.8) is 0 Å². The van der Waals surface area contributed by atoms with Gasteiger partial charge in [0.15, 0.2) is 5.37 Å². The fourth-order valence-corrected chi connectivity index (χ4v) is 1.61. The number of amides is 3. The predicted molar refractivity (Wildman–Crippen MR) is 55.2 cm³/mol. The first-order valence-electron chi connectivity index (χ1n) is 4.07. The van der Waals surface area contributed by atoms with Crippen LogP contribution in [0.1, 0.15) is 0 Å². The van der Waals surface area contributed by atoms with Crippen molar-refractivity contribution in [2.45, 2.75) is 5.37 Å². The molecule has 3 amide bonds. The van der Waals surface area contributed by atoms with Gasteiger partial charge in [0, 0.05) is 5.69 Å². The number of benzene rings is 1. The van der Waals surface area contributed by atoms with Crippen LogP contribution in [0.5, 0.6) is 0 Å². The maximum absolute atomic E-state index is 11.3. The smallest absolute Gasteiger partial charge is 0.275 e. The molecule has 0 aliphatic carbocycles. The molecule has 72 valence electrons. The van der Waals surface area contributed by atoms with Crippen molar-refractivity contribution >= 4 is 30.3 Å². The van der Waals surface area contributed by atoms with Crippen LogP contribution in [0.15, 0.2) is 30.3 Å². The van der Waals surface area contributed by atoms with Gasteiger partial charge < -0.3 is 0 Å². The summed E-state index contributed by atoms with van der Waals surface area (Å²) in [5.41, 5.74) is 0.663. The van der Waals surface area contributed by atoms with Crippen molar-refractivity contribution in [2.24, 2.45) is 0 Å². The van der Waals surface area contributed by atoms with Gasteiger partial charge in [-0.3, -0.25) is 15.0 Å². The summed E-state index contributed by atoms with van der Waals surface area (Å²) in [5.74, 6) is -0.387. The van der Waals surface area contributed by atoms with Crippen molar-refractivity contribution in [3.8, 4) is 0 Å². The lowest BCUT2D eigenvalue weighted by atomic mass is 10.3. The van der Waals surface area contributed by atoms with Crippen LogP contribution in [0.4, 0.5) is 10.5 Å². The minimum atomic E-state index is -0.732. The Labute approximate surface area is 86.3 Å². The van der Waals surface area contributed by atoms with E-state index in [9.17, 15) is 9.59 Å². The molecule has 5 heteroatoms. The Balaban J connectivity index is 2.36. The van der Waals surface area contributed by atoms with E-state index in [0.717, 1.165) is 0 Å². The van der Waals surface area contributed by atoms with E-state index < -0.39 is 11.4 Å². The molecule has 0 saturated carbocycles. The van der Waals surface area contributed by atoms with E-state index in [2.05, 4.69) is 17.9 Å².